The molecule has 0 fully saturated rings. The third-order valence-corrected chi connectivity index (χ3v) is 5.58. The van der Waals surface area contributed by atoms with Crippen LogP contribution in [-0.2, 0) is 9.53 Å². The number of amides is 1. The Balaban J connectivity index is 1.88. The summed E-state index contributed by atoms with van der Waals surface area (Å²) in [6.45, 7) is 3.32. The minimum atomic E-state index is -0.663. The molecule has 0 aliphatic heterocycles. The number of nitrogens with zero attached hydrogens (tertiary/aromatic N) is 2. The van der Waals surface area contributed by atoms with Crippen LogP contribution in [0.3, 0.4) is 0 Å². The van der Waals surface area contributed by atoms with Crippen LogP contribution in [0.25, 0.3) is 11.0 Å². The fourth-order valence-electron chi connectivity index (χ4n) is 2.62. The molecular formula is C19H16Cl2N4O4S. The predicted octanol–water partition coefficient (Wildman–Crippen LogP) is 3.84. The fraction of sp³-hybridized carbons (Fsp3) is 0.211. The SMILES string of the molecule is COC(=O)c1cc(C)nc2nc(SC(C)C(=O)Nc3cc(Cl)ccc3Cl)[nH]c(=O)c12. The van der Waals surface area contributed by atoms with Gasteiger partial charge in [0.2, 0.25) is 5.91 Å². The largest absolute Gasteiger partial charge is 0.465 e. The van der Waals surface area contributed by atoms with Crippen molar-refractivity contribution in [2.24, 2.45) is 0 Å². The first-order valence-electron chi connectivity index (χ1n) is 8.62. The number of benzene rings is 1. The smallest absolute Gasteiger partial charge is 0.338 e. The number of methoxy groups -OCH3 is 1. The number of halogens is 2. The highest BCUT2D eigenvalue weighted by molar-refractivity contribution is 8.00. The Labute approximate surface area is 185 Å². The molecule has 11 heteroatoms. The fourth-order valence-corrected chi connectivity index (χ4v) is 3.75. The lowest BCUT2D eigenvalue weighted by Gasteiger charge is -2.13. The summed E-state index contributed by atoms with van der Waals surface area (Å²) < 4.78 is 4.73. The standard InChI is InChI=1S/C19H16Cl2N4O4S/c1-8-6-11(18(28)29-3)14-15(22-8)24-19(25-17(14)27)30-9(2)16(26)23-13-7-10(20)4-5-12(13)21/h4-7,9H,1-3H3,(H,23,26)(H,22,24,25,27). The van der Waals surface area contributed by atoms with Gasteiger partial charge in [-0.3, -0.25) is 9.59 Å². The van der Waals surface area contributed by atoms with E-state index in [1.54, 1.807) is 26.0 Å². The number of aryl methyl sites for hydroxylation is 1. The molecule has 1 aromatic carbocycles. The van der Waals surface area contributed by atoms with Crippen LogP contribution in [0.4, 0.5) is 5.69 Å². The van der Waals surface area contributed by atoms with Gasteiger partial charge in [-0.15, -0.1) is 0 Å². The Morgan fingerprint density at radius 2 is 1.97 bits per heavy atom. The molecule has 1 atom stereocenters. The molecule has 8 nitrogen and oxygen atoms in total. The summed E-state index contributed by atoms with van der Waals surface area (Å²) in [5.41, 5.74) is 0.486. The number of aromatic amines is 1. The zero-order chi connectivity index (χ0) is 22.0. The van der Waals surface area contributed by atoms with Gasteiger partial charge in [0.05, 0.1) is 34.0 Å². The van der Waals surface area contributed by atoms with E-state index < -0.39 is 16.8 Å². The van der Waals surface area contributed by atoms with Gasteiger partial charge in [0.1, 0.15) is 0 Å². The van der Waals surface area contributed by atoms with Crippen LogP contribution in [0.2, 0.25) is 10.0 Å². The second-order valence-corrected chi connectivity index (χ2v) is 8.42. The van der Waals surface area contributed by atoms with Crippen LogP contribution in [0.5, 0.6) is 0 Å². The van der Waals surface area contributed by atoms with E-state index in [2.05, 4.69) is 20.3 Å². The van der Waals surface area contributed by atoms with Gasteiger partial charge in [-0.2, -0.15) is 0 Å². The first kappa shape index (κ1) is 22.1. The molecule has 0 saturated carbocycles. The quantitative estimate of drug-likeness (QED) is 0.333. The number of fused-ring (bicyclic) bond motifs is 1. The number of anilines is 1. The van der Waals surface area contributed by atoms with E-state index in [1.165, 1.54) is 19.2 Å². The maximum Gasteiger partial charge on any atom is 0.338 e. The van der Waals surface area contributed by atoms with Crippen molar-refractivity contribution in [2.75, 3.05) is 12.4 Å². The molecule has 3 rings (SSSR count). The molecule has 1 unspecified atom stereocenters. The summed E-state index contributed by atoms with van der Waals surface area (Å²) in [6, 6.07) is 6.19. The monoisotopic (exact) mass is 466 g/mol. The van der Waals surface area contributed by atoms with Crippen molar-refractivity contribution >= 4 is 63.6 Å². The number of ether oxygens (including phenoxy) is 1. The third kappa shape index (κ3) is 4.75. The number of thioether (sulfide) groups is 1. The minimum Gasteiger partial charge on any atom is -0.465 e. The second kappa shape index (κ2) is 9.03. The van der Waals surface area contributed by atoms with Gasteiger partial charge >= 0.3 is 5.97 Å². The lowest BCUT2D eigenvalue weighted by atomic mass is 10.1. The van der Waals surface area contributed by atoms with E-state index in [4.69, 9.17) is 27.9 Å². The Bertz CT molecular complexity index is 1220. The molecule has 2 aromatic heterocycles. The number of hydrogen-bond acceptors (Lipinski definition) is 7. The highest BCUT2D eigenvalue weighted by Gasteiger charge is 2.21. The molecule has 1 amide bonds. The number of rotatable bonds is 5. The van der Waals surface area contributed by atoms with Gasteiger partial charge in [-0.1, -0.05) is 35.0 Å². The number of carbonyl (C=O) groups excluding carboxylic acids is 2. The second-order valence-electron chi connectivity index (χ2n) is 6.25. The number of nitrogens with one attached hydrogen (secondary N) is 2. The van der Waals surface area contributed by atoms with Gasteiger partial charge in [0.15, 0.2) is 10.8 Å². The normalized spacial score (nSPS) is 11.9. The molecule has 0 aliphatic rings. The molecule has 3 aromatic rings. The average molecular weight is 467 g/mol. The van der Waals surface area contributed by atoms with Crippen LogP contribution in [0, 0.1) is 6.92 Å². The van der Waals surface area contributed by atoms with Crippen molar-refractivity contribution in [2.45, 2.75) is 24.3 Å². The molecule has 2 heterocycles. The molecule has 156 valence electrons. The molecule has 0 spiro atoms. The predicted molar refractivity (Wildman–Crippen MR) is 117 cm³/mol. The summed E-state index contributed by atoms with van der Waals surface area (Å²) in [5, 5.41) is 3.04. The van der Waals surface area contributed by atoms with Crippen molar-refractivity contribution in [3.63, 3.8) is 0 Å². The van der Waals surface area contributed by atoms with Crippen LogP contribution < -0.4 is 10.9 Å². The lowest BCUT2D eigenvalue weighted by Crippen LogP contribution is -2.23. The van der Waals surface area contributed by atoms with Crippen molar-refractivity contribution in [1.82, 2.24) is 15.0 Å². The molecule has 0 aliphatic carbocycles. The topological polar surface area (TPSA) is 114 Å². The number of H-pyrrole nitrogens is 1. The lowest BCUT2D eigenvalue weighted by molar-refractivity contribution is -0.115. The molecular weight excluding hydrogens is 451 g/mol. The maximum atomic E-state index is 12.6. The number of esters is 1. The van der Waals surface area contributed by atoms with Crippen molar-refractivity contribution in [3.05, 3.63) is 55.9 Å². The zero-order valence-corrected chi connectivity index (χ0v) is 18.4. The van der Waals surface area contributed by atoms with Gasteiger partial charge in [-0.05, 0) is 38.1 Å². The van der Waals surface area contributed by atoms with E-state index in [-0.39, 0.29) is 27.7 Å². The van der Waals surface area contributed by atoms with Crippen molar-refractivity contribution in [3.8, 4) is 0 Å². The number of pyridine rings is 1. The zero-order valence-electron chi connectivity index (χ0n) is 16.1. The van der Waals surface area contributed by atoms with E-state index in [0.29, 0.717) is 21.4 Å². The molecule has 0 bridgehead atoms. The number of hydrogen-bond donors (Lipinski definition) is 2. The van der Waals surface area contributed by atoms with Gasteiger partial charge < -0.3 is 15.0 Å². The Morgan fingerprint density at radius 3 is 2.67 bits per heavy atom. The van der Waals surface area contributed by atoms with Crippen LogP contribution >= 0.6 is 35.0 Å². The van der Waals surface area contributed by atoms with Crippen molar-refractivity contribution < 1.29 is 14.3 Å². The molecule has 0 saturated heterocycles. The summed E-state index contributed by atoms with van der Waals surface area (Å²) in [5.74, 6) is -1.02. The molecule has 30 heavy (non-hydrogen) atoms. The molecule has 0 radical (unpaired) electrons. The van der Waals surface area contributed by atoms with Gasteiger partial charge in [0, 0.05) is 10.7 Å². The summed E-state index contributed by atoms with van der Waals surface area (Å²) in [6.07, 6.45) is 0. The Hall–Kier alpha value is -2.62. The first-order valence-corrected chi connectivity index (χ1v) is 10.3. The summed E-state index contributed by atoms with van der Waals surface area (Å²) in [4.78, 5) is 48.2. The van der Waals surface area contributed by atoms with Crippen molar-refractivity contribution in [1.29, 1.82) is 0 Å². The number of carbonyl (C=O) groups is 2. The van der Waals surface area contributed by atoms with E-state index in [1.807, 2.05) is 0 Å². The van der Waals surface area contributed by atoms with E-state index in [0.717, 1.165) is 11.8 Å². The molecule has 2 N–H and O–H groups in total. The summed E-state index contributed by atoms with van der Waals surface area (Å²) in [7, 11) is 1.22. The minimum absolute atomic E-state index is 0.0274. The van der Waals surface area contributed by atoms with Crippen LogP contribution in [0.15, 0.2) is 34.2 Å². The Kier molecular flexibility index (Phi) is 6.64. The Morgan fingerprint density at radius 1 is 1.23 bits per heavy atom. The van der Waals surface area contributed by atoms with Crippen LogP contribution in [0.1, 0.15) is 23.0 Å². The first-order chi connectivity index (χ1) is 14.2. The highest BCUT2D eigenvalue weighted by atomic mass is 35.5. The van der Waals surface area contributed by atoms with Gasteiger partial charge in [-0.25, -0.2) is 14.8 Å². The number of aromatic nitrogens is 3. The van der Waals surface area contributed by atoms with E-state index in [9.17, 15) is 14.4 Å². The highest BCUT2D eigenvalue weighted by Crippen LogP contribution is 2.27. The van der Waals surface area contributed by atoms with E-state index >= 15 is 0 Å². The third-order valence-electron chi connectivity index (χ3n) is 4.03. The van der Waals surface area contributed by atoms with Gasteiger partial charge in [0.25, 0.3) is 5.56 Å². The van der Waals surface area contributed by atoms with Crippen LogP contribution in [-0.4, -0.2) is 39.2 Å². The average Bonchev–Trinajstić information content (AvgIpc) is 2.69. The summed E-state index contributed by atoms with van der Waals surface area (Å²) >= 11 is 13.0. The maximum absolute atomic E-state index is 12.6.